The van der Waals surface area contributed by atoms with Gasteiger partial charge in [-0.3, -0.25) is 0 Å². The summed E-state index contributed by atoms with van der Waals surface area (Å²) < 4.78 is 1.28. The van der Waals surface area contributed by atoms with E-state index in [1.165, 1.54) is 23.1 Å². The second-order valence-corrected chi connectivity index (χ2v) is 5.35. The molecule has 0 bridgehead atoms. The molecule has 1 N–H and O–H groups in total. The Balaban J connectivity index is 1.84. The molecule has 1 aliphatic rings. The highest BCUT2D eigenvalue weighted by Gasteiger charge is 2.21. The Labute approximate surface area is 93.3 Å². The molecule has 2 aromatic rings. The molecule has 0 spiro atoms. The first-order chi connectivity index (χ1) is 7.31. The van der Waals surface area contributed by atoms with Gasteiger partial charge in [0.2, 0.25) is 0 Å². The Morgan fingerprint density at radius 2 is 2.33 bits per heavy atom. The van der Waals surface area contributed by atoms with Gasteiger partial charge in [-0.05, 0) is 43.4 Å². The van der Waals surface area contributed by atoms with Gasteiger partial charge in [0.1, 0.15) is 0 Å². The summed E-state index contributed by atoms with van der Waals surface area (Å²) in [4.78, 5) is 4.58. The van der Waals surface area contributed by atoms with E-state index >= 15 is 0 Å². The molecule has 0 aliphatic heterocycles. The summed E-state index contributed by atoms with van der Waals surface area (Å²) in [6, 6.07) is 6.45. The van der Waals surface area contributed by atoms with Crippen molar-refractivity contribution in [3.63, 3.8) is 0 Å². The highest BCUT2D eigenvalue weighted by molar-refractivity contribution is 7.22. The molecule has 0 atom stereocenters. The highest BCUT2D eigenvalue weighted by Crippen LogP contribution is 2.31. The molecule has 1 heterocycles. The lowest BCUT2D eigenvalue weighted by Gasteiger charge is -1.97. The van der Waals surface area contributed by atoms with Crippen LogP contribution in [-0.4, -0.2) is 11.5 Å². The van der Waals surface area contributed by atoms with E-state index < -0.39 is 0 Å². The molecule has 1 saturated carbocycles. The Kier molecular flexibility index (Phi) is 2.13. The maximum Gasteiger partial charge on any atom is 0.183 e. The van der Waals surface area contributed by atoms with Crippen molar-refractivity contribution in [1.29, 1.82) is 0 Å². The Bertz CT molecular complexity index is 485. The fraction of sp³-hybridized carbons (Fsp3) is 0.417. The zero-order valence-electron chi connectivity index (χ0n) is 8.79. The molecule has 3 heteroatoms. The number of fused-ring (bicyclic) bond motifs is 1. The van der Waals surface area contributed by atoms with Gasteiger partial charge in [0.15, 0.2) is 5.13 Å². The topological polar surface area (TPSA) is 24.9 Å². The molecule has 2 nitrogen and oxygen atoms in total. The number of thiazole rings is 1. The molecule has 3 rings (SSSR count). The van der Waals surface area contributed by atoms with Gasteiger partial charge >= 0.3 is 0 Å². The number of hydrogen-bond acceptors (Lipinski definition) is 3. The summed E-state index contributed by atoms with van der Waals surface area (Å²) in [5.74, 6) is 0.902. The summed E-state index contributed by atoms with van der Waals surface area (Å²) in [7, 11) is 0. The van der Waals surface area contributed by atoms with Crippen molar-refractivity contribution in [2.45, 2.75) is 19.8 Å². The molecule has 0 saturated heterocycles. The van der Waals surface area contributed by atoms with Crippen molar-refractivity contribution in [3.8, 4) is 0 Å². The average Bonchev–Trinajstić information content (AvgIpc) is 2.95. The van der Waals surface area contributed by atoms with Crippen molar-refractivity contribution in [3.05, 3.63) is 23.8 Å². The van der Waals surface area contributed by atoms with E-state index in [0.717, 1.165) is 23.1 Å². The smallest absolute Gasteiger partial charge is 0.183 e. The van der Waals surface area contributed by atoms with Crippen LogP contribution in [-0.2, 0) is 0 Å². The molecule has 0 amide bonds. The van der Waals surface area contributed by atoms with Crippen LogP contribution in [0.25, 0.3) is 10.2 Å². The number of benzene rings is 1. The summed E-state index contributed by atoms with van der Waals surface area (Å²) in [6.45, 7) is 3.20. The van der Waals surface area contributed by atoms with Gasteiger partial charge in [-0.25, -0.2) is 4.98 Å². The summed E-state index contributed by atoms with van der Waals surface area (Å²) in [6.07, 6.45) is 2.77. The third kappa shape index (κ3) is 1.97. The minimum atomic E-state index is 0.902. The maximum absolute atomic E-state index is 4.58. The van der Waals surface area contributed by atoms with Gasteiger partial charge in [0.25, 0.3) is 0 Å². The molecule has 0 radical (unpaired) electrons. The van der Waals surface area contributed by atoms with E-state index in [0.29, 0.717) is 0 Å². The van der Waals surface area contributed by atoms with Crippen LogP contribution in [0.15, 0.2) is 18.2 Å². The summed E-state index contributed by atoms with van der Waals surface area (Å²) >= 11 is 1.75. The van der Waals surface area contributed by atoms with E-state index in [1.807, 2.05) is 0 Å². The second-order valence-electron chi connectivity index (χ2n) is 4.31. The van der Waals surface area contributed by atoms with Gasteiger partial charge in [-0.1, -0.05) is 17.4 Å². The van der Waals surface area contributed by atoms with Crippen molar-refractivity contribution in [1.82, 2.24) is 4.98 Å². The number of anilines is 1. The van der Waals surface area contributed by atoms with Crippen LogP contribution in [0.2, 0.25) is 0 Å². The minimum absolute atomic E-state index is 0.902. The van der Waals surface area contributed by atoms with Gasteiger partial charge in [0, 0.05) is 6.54 Å². The quantitative estimate of drug-likeness (QED) is 0.853. The molecular formula is C12H14N2S. The third-order valence-corrected chi connectivity index (χ3v) is 3.78. The van der Waals surface area contributed by atoms with E-state index in [9.17, 15) is 0 Å². The fourth-order valence-electron chi connectivity index (χ4n) is 1.67. The first-order valence-electron chi connectivity index (χ1n) is 5.42. The number of hydrogen-bond donors (Lipinski definition) is 1. The van der Waals surface area contributed by atoms with Crippen molar-refractivity contribution in [2.24, 2.45) is 5.92 Å². The average molecular weight is 218 g/mol. The van der Waals surface area contributed by atoms with E-state index in [1.54, 1.807) is 11.3 Å². The zero-order valence-corrected chi connectivity index (χ0v) is 9.60. The second kappa shape index (κ2) is 3.49. The number of aryl methyl sites for hydroxylation is 1. The van der Waals surface area contributed by atoms with Crippen LogP contribution in [0.1, 0.15) is 18.4 Å². The first-order valence-corrected chi connectivity index (χ1v) is 6.24. The standard InChI is InChI=1S/C12H14N2S/c1-8-2-5-11-10(6-8)14-12(15-11)13-7-9-3-4-9/h2,5-6,9H,3-4,7H2,1H3,(H,13,14). The first kappa shape index (κ1) is 9.16. The Morgan fingerprint density at radius 1 is 1.47 bits per heavy atom. The van der Waals surface area contributed by atoms with E-state index in [4.69, 9.17) is 0 Å². The van der Waals surface area contributed by atoms with Crippen molar-refractivity contribution >= 4 is 26.7 Å². The predicted octanol–water partition coefficient (Wildman–Crippen LogP) is 3.43. The summed E-state index contributed by atoms with van der Waals surface area (Å²) in [5.41, 5.74) is 2.40. The van der Waals surface area contributed by atoms with Crippen LogP contribution in [0.3, 0.4) is 0 Å². The van der Waals surface area contributed by atoms with Crippen LogP contribution in [0.5, 0.6) is 0 Å². The Morgan fingerprint density at radius 3 is 3.13 bits per heavy atom. The van der Waals surface area contributed by atoms with Crippen molar-refractivity contribution < 1.29 is 0 Å². The molecule has 1 fully saturated rings. The molecule has 15 heavy (non-hydrogen) atoms. The minimum Gasteiger partial charge on any atom is -0.361 e. The Hall–Kier alpha value is -1.09. The summed E-state index contributed by atoms with van der Waals surface area (Å²) in [5, 5.41) is 4.49. The van der Waals surface area contributed by atoms with Gasteiger partial charge in [0.05, 0.1) is 10.2 Å². The maximum atomic E-state index is 4.58. The molecule has 1 aromatic carbocycles. The molecular weight excluding hydrogens is 204 g/mol. The lowest BCUT2D eigenvalue weighted by molar-refractivity contribution is 0.888. The highest BCUT2D eigenvalue weighted by atomic mass is 32.1. The number of rotatable bonds is 3. The number of nitrogens with zero attached hydrogens (tertiary/aromatic N) is 1. The van der Waals surface area contributed by atoms with Gasteiger partial charge in [-0.2, -0.15) is 0 Å². The number of nitrogens with one attached hydrogen (secondary N) is 1. The van der Waals surface area contributed by atoms with E-state index in [-0.39, 0.29) is 0 Å². The van der Waals surface area contributed by atoms with E-state index in [2.05, 4.69) is 35.4 Å². The SMILES string of the molecule is Cc1ccc2sc(NCC3CC3)nc2c1. The van der Waals surface area contributed by atoms with Gasteiger partial charge < -0.3 is 5.32 Å². The zero-order chi connectivity index (χ0) is 10.3. The van der Waals surface area contributed by atoms with Crippen LogP contribution < -0.4 is 5.32 Å². The lowest BCUT2D eigenvalue weighted by Crippen LogP contribution is -2.01. The largest absolute Gasteiger partial charge is 0.361 e. The molecule has 1 aromatic heterocycles. The predicted molar refractivity (Wildman–Crippen MR) is 65.6 cm³/mol. The fourth-order valence-corrected chi connectivity index (χ4v) is 2.52. The van der Waals surface area contributed by atoms with Crippen LogP contribution in [0, 0.1) is 12.8 Å². The van der Waals surface area contributed by atoms with Gasteiger partial charge in [-0.15, -0.1) is 0 Å². The normalized spacial score (nSPS) is 15.8. The molecule has 78 valence electrons. The molecule has 0 unspecified atom stereocenters. The lowest BCUT2D eigenvalue weighted by atomic mass is 10.2. The third-order valence-electron chi connectivity index (χ3n) is 2.78. The number of aromatic nitrogens is 1. The van der Waals surface area contributed by atoms with Crippen molar-refractivity contribution in [2.75, 3.05) is 11.9 Å². The van der Waals surface area contributed by atoms with Crippen LogP contribution >= 0.6 is 11.3 Å². The van der Waals surface area contributed by atoms with Crippen LogP contribution in [0.4, 0.5) is 5.13 Å². The monoisotopic (exact) mass is 218 g/mol. The molecule has 1 aliphatic carbocycles.